The molecule has 1 rings (SSSR count). The normalized spacial score (nSPS) is 26.6. The van der Waals surface area contributed by atoms with Crippen LogP contribution in [0.2, 0.25) is 0 Å². The number of carbonyl (C=O) groups is 2. The van der Waals surface area contributed by atoms with Gasteiger partial charge in [-0.05, 0) is 13.3 Å². The average molecular weight is 243 g/mol. The number of rotatable bonds is 8. The first-order valence-corrected chi connectivity index (χ1v) is 6.24. The van der Waals surface area contributed by atoms with E-state index in [4.69, 9.17) is 15.2 Å². The molecular weight excluding hydrogens is 222 g/mol. The largest absolute Gasteiger partial charge is 0.463 e. The Kier molecular flexibility index (Phi) is 4.93. The predicted molar refractivity (Wildman–Crippen MR) is 62.2 cm³/mol. The summed E-state index contributed by atoms with van der Waals surface area (Å²) in [6.45, 7) is 4.03. The molecule has 5 nitrogen and oxygen atoms in total. The minimum Gasteiger partial charge on any atom is -0.463 e. The summed E-state index contributed by atoms with van der Waals surface area (Å²) in [7, 11) is 0. The molecule has 1 saturated heterocycles. The predicted octanol–water partition coefficient (Wildman–Crippen LogP) is 1.14. The van der Waals surface area contributed by atoms with Crippen LogP contribution in [0.4, 0.5) is 0 Å². The molecule has 17 heavy (non-hydrogen) atoms. The van der Waals surface area contributed by atoms with Gasteiger partial charge in [-0.25, -0.2) is 4.79 Å². The summed E-state index contributed by atoms with van der Waals surface area (Å²) < 4.78 is 10.0. The average Bonchev–Trinajstić information content (AvgIpc) is 3.01. The van der Waals surface area contributed by atoms with Gasteiger partial charge in [-0.3, -0.25) is 4.79 Å². The molecule has 5 heteroatoms. The van der Waals surface area contributed by atoms with Gasteiger partial charge in [0.2, 0.25) is 0 Å². The molecule has 0 saturated carbocycles. The van der Waals surface area contributed by atoms with Gasteiger partial charge in [0.1, 0.15) is 6.10 Å². The van der Waals surface area contributed by atoms with Crippen LogP contribution in [0.1, 0.15) is 46.0 Å². The fraction of sp³-hybridized carbons (Fsp3) is 0.833. The maximum Gasteiger partial charge on any atom is 0.351 e. The Hall–Kier alpha value is -1.10. The summed E-state index contributed by atoms with van der Waals surface area (Å²) in [5, 5.41) is 0. The molecule has 1 fully saturated rings. The maximum absolute atomic E-state index is 11.6. The molecular formula is C12H21NO4. The fourth-order valence-electron chi connectivity index (χ4n) is 1.94. The van der Waals surface area contributed by atoms with Crippen molar-refractivity contribution < 1.29 is 19.1 Å². The van der Waals surface area contributed by atoms with Crippen molar-refractivity contribution in [3.8, 4) is 0 Å². The van der Waals surface area contributed by atoms with Crippen LogP contribution >= 0.6 is 0 Å². The van der Waals surface area contributed by atoms with E-state index in [9.17, 15) is 9.59 Å². The van der Waals surface area contributed by atoms with Crippen molar-refractivity contribution in [2.24, 2.45) is 5.73 Å². The Balaban J connectivity index is 2.44. The Morgan fingerprint density at radius 2 is 2.00 bits per heavy atom. The molecule has 2 N–H and O–H groups in total. The van der Waals surface area contributed by atoms with E-state index in [1.54, 1.807) is 6.92 Å². The second-order valence-electron chi connectivity index (χ2n) is 4.28. The third-order valence-corrected chi connectivity index (χ3v) is 2.99. The lowest BCUT2D eigenvalue weighted by Gasteiger charge is -2.07. The highest BCUT2D eigenvalue weighted by Gasteiger charge is 2.68. The van der Waals surface area contributed by atoms with Crippen molar-refractivity contribution in [1.82, 2.24) is 0 Å². The highest BCUT2D eigenvalue weighted by atomic mass is 16.7. The summed E-state index contributed by atoms with van der Waals surface area (Å²) in [6, 6.07) is 0. The van der Waals surface area contributed by atoms with E-state index < -0.39 is 23.6 Å². The molecule has 2 atom stereocenters. The van der Waals surface area contributed by atoms with E-state index in [2.05, 4.69) is 6.92 Å². The topological polar surface area (TPSA) is 81.9 Å². The highest BCUT2D eigenvalue weighted by Crippen LogP contribution is 2.41. The second kappa shape index (κ2) is 6.00. The van der Waals surface area contributed by atoms with E-state index >= 15 is 0 Å². The van der Waals surface area contributed by atoms with Crippen molar-refractivity contribution in [1.29, 1.82) is 0 Å². The minimum absolute atomic E-state index is 0.222. The minimum atomic E-state index is -1.50. The van der Waals surface area contributed by atoms with Crippen LogP contribution in [0.25, 0.3) is 0 Å². The Morgan fingerprint density at radius 3 is 2.53 bits per heavy atom. The number of unbranched alkanes of at least 4 members (excludes halogenated alkanes) is 3. The molecule has 0 radical (unpaired) electrons. The van der Waals surface area contributed by atoms with Gasteiger partial charge < -0.3 is 15.2 Å². The lowest BCUT2D eigenvalue weighted by molar-refractivity contribution is -0.153. The summed E-state index contributed by atoms with van der Waals surface area (Å²) in [6.07, 6.45) is 4.60. The quantitative estimate of drug-likeness (QED) is 0.300. The number of hydrogen-bond donors (Lipinski definition) is 1. The zero-order valence-corrected chi connectivity index (χ0v) is 10.5. The van der Waals surface area contributed by atoms with Crippen molar-refractivity contribution in [3.63, 3.8) is 0 Å². The summed E-state index contributed by atoms with van der Waals surface area (Å²) in [5.74, 6) is -1.38. The number of amides is 1. The van der Waals surface area contributed by atoms with Gasteiger partial charge in [0, 0.05) is 0 Å². The van der Waals surface area contributed by atoms with Crippen LogP contribution in [-0.4, -0.2) is 30.2 Å². The molecule has 98 valence electrons. The molecule has 1 aliphatic heterocycles. The van der Waals surface area contributed by atoms with Gasteiger partial charge in [0.25, 0.3) is 11.5 Å². The summed E-state index contributed by atoms with van der Waals surface area (Å²) >= 11 is 0. The first-order chi connectivity index (χ1) is 8.09. The molecule has 0 spiro atoms. The van der Waals surface area contributed by atoms with Crippen molar-refractivity contribution in [3.05, 3.63) is 0 Å². The number of epoxide rings is 1. The Labute approximate surface area is 102 Å². The van der Waals surface area contributed by atoms with Crippen LogP contribution in [0.5, 0.6) is 0 Å². The smallest absolute Gasteiger partial charge is 0.351 e. The summed E-state index contributed by atoms with van der Waals surface area (Å²) in [5.41, 5.74) is 3.72. The molecule has 0 aromatic rings. The number of esters is 1. The van der Waals surface area contributed by atoms with E-state index in [-0.39, 0.29) is 6.61 Å². The molecule has 1 aliphatic rings. The van der Waals surface area contributed by atoms with Gasteiger partial charge in [-0.15, -0.1) is 0 Å². The van der Waals surface area contributed by atoms with E-state index in [0.29, 0.717) is 6.42 Å². The first-order valence-electron chi connectivity index (χ1n) is 6.24. The number of carbonyl (C=O) groups excluding carboxylic acids is 2. The molecule has 0 aromatic carbocycles. The van der Waals surface area contributed by atoms with Gasteiger partial charge >= 0.3 is 5.97 Å². The second-order valence-corrected chi connectivity index (χ2v) is 4.28. The van der Waals surface area contributed by atoms with Crippen LogP contribution < -0.4 is 5.73 Å². The molecule has 0 aromatic heterocycles. The number of hydrogen-bond acceptors (Lipinski definition) is 4. The zero-order chi connectivity index (χ0) is 12.9. The van der Waals surface area contributed by atoms with E-state index in [0.717, 1.165) is 25.7 Å². The molecule has 0 unspecified atom stereocenters. The van der Waals surface area contributed by atoms with Gasteiger partial charge in [-0.1, -0.05) is 32.6 Å². The third kappa shape index (κ3) is 2.97. The molecule has 1 heterocycles. The van der Waals surface area contributed by atoms with Gasteiger partial charge in [-0.2, -0.15) is 0 Å². The molecule has 1 amide bonds. The van der Waals surface area contributed by atoms with Crippen molar-refractivity contribution in [2.75, 3.05) is 6.61 Å². The highest BCUT2D eigenvalue weighted by molar-refractivity contribution is 6.09. The number of nitrogens with two attached hydrogens (primary N) is 1. The molecule has 0 bridgehead atoms. The lowest BCUT2D eigenvalue weighted by atomic mass is 10.00. The van der Waals surface area contributed by atoms with Crippen molar-refractivity contribution in [2.45, 2.75) is 57.7 Å². The van der Waals surface area contributed by atoms with Crippen LogP contribution in [0.3, 0.4) is 0 Å². The zero-order valence-electron chi connectivity index (χ0n) is 10.5. The van der Waals surface area contributed by atoms with Crippen LogP contribution in [0, 0.1) is 0 Å². The van der Waals surface area contributed by atoms with Crippen LogP contribution in [-0.2, 0) is 19.1 Å². The van der Waals surface area contributed by atoms with Gasteiger partial charge in [0.05, 0.1) is 6.61 Å². The summed E-state index contributed by atoms with van der Waals surface area (Å²) in [4.78, 5) is 22.9. The number of ether oxygens (including phenoxy) is 2. The number of primary amides is 1. The van der Waals surface area contributed by atoms with E-state index in [1.165, 1.54) is 0 Å². The SMILES string of the molecule is CCCCCC[C@@H]1O[C@]1(C(N)=O)C(=O)OCC. The van der Waals surface area contributed by atoms with Crippen molar-refractivity contribution >= 4 is 11.9 Å². The van der Waals surface area contributed by atoms with Gasteiger partial charge in [0.15, 0.2) is 0 Å². The van der Waals surface area contributed by atoms with E-state index in [1.807, 2.05) is 0 Å². The monoisotopic (exact) mass is 243 g/mol. The standard InChI is InChI=1S/C12H21NO4/c1-3-5-6-7-8-9-12(17-9,10(13)14)11(15)16-4-2/h9H,3-8H2,1-2H3,(H2,13,14)/t9-,12+/m0/s1. The first kappa shape index (κ1) is 14.0. The fourth-order valence-corrected chi connectivity index (χ4v) is 1.94. The molecule has 0 aliphatic carbocycles. The Morgan fingerprint density at radius 1 is 1.29 bits per heavy atom. The third-order valence-electron chi connectivity index (χ3n) is 2.99. The Bertz CT molecular complexity index is 292. The maximum atomic E-state index is 11.6. The lowest BCUT2D eigenvalue weighted by Crippen LogP contribution is -2.43. The van der Waals surface area contributed by atoms with Crippen LogP contribution in [0.15, 0.2) is 0 Å².